The number of sulfonamides is 1. The molecule has 35 heavy (non-hydrogen) atoms. The minimum Gasteiger partial charge on any atom is -0.493 e. The van der Waals surface area contributed by atoms with Gasteiger partial charge in [0.2, 0.25) is 0 Å². The highest BCUT2D eigenvalue weighted by molar-refractivity contribution is 9.11. The molecule has 1 aliphatic rings. The van der Waals surface area contributed by atoms with Crippen LogP contribution in [-0.4, -0.2) is 38.9 Å². The molecule has 1 N–H and O–H groups in total. The summed E-state index contributed by atoms with van der Waals surface area (Å²) in [6.45, 7) is 3.65. The lowest BCUT2D eigenvalue weighted by atomic mass is 9.98. The molecule has 0 aliphatic carbocycles. The molecule has 3 aromatic carbocycles. The summed E-state index contributed by atoms with van der Waals surface area (Å²) >= 11 is 6.58. The van der Waals surface area contributed by atoms with Gasteiger partial charge in [-0.15, -0.1) is 0 Å². The fourth-order valence-electron chi connectivity index (χ4n) is 3.87. The van der Waals surface area contributed by atoms with Crippen molar-refractivity contribution in [3.8, 4) is 5.75 Å². The molecule has 182 valence electrons. The lowest BCUT2D eigenvalue weighted by Gasteiger charge is -2.27. The van der Waals surface area contributed by atoms with Crippen LogP contribution in [0.3, 0.4) is 0 Å². The number of ether oxygens (including phenoxy) is 1. The maximum absolute atomic E-state index is 13.0. The third kappa shape index (κ3) is 5.97. The van der Waals surface area contributed by atoms with Crippen molar-refractivity contribution in [2.24, 2.45) is 0 Å². The largest absolute Gasteiger partial charge is 0.493 e. The van der Waals surface area contributed by atoms with E-state index in [0.29, 0.717) is 39.9 Å². The number of halogens is 2. The molecule has 0 saturated heterocycles. The Morgan fingerprint density at radius 3 is 2.49 bits per heavy atom. The maximum Gasteiger partial charge on any atom is 0.263 e. The first-order chi connectivity index (χ1) is 16.8. The summed E-state index contributed by atoms with van der Waals surface area (Å²) in [4.78, 5) is 14.9. The first kappa shape index (κ1) is 25.5. The van der Waals surface area contributed by atoms with Gasteiger partial charge in [0.25, 0.3) is 15.9 Å². The fourth-order valence-corrected chi connectivity index (χ4v) is 6.43. The second-order valence-corrected chi connectivity index (χ2v) is 11.3. The molecule has 0 aromatic heterocycles. The Labute approximate surface area is 222 Å². The number of nitrogens with one attached hydrogen (secondary N) is 1. The van der Waals surface area contributed by atoms with Crippen LogP contribution in [0.2, 0.25) is 0 Å². The van der Waals surface area contributed by atoms with Crippen molar-refractivity contribution >= 4 is 59.1 Å². The van der Waals surface area contributed by atoms with E-state index in [-0.39, 0.29) is 10.8 Å². The van der Waals surface area contributed by atoms with Crippen LogP contribution in [0.5, 0.6) is 5.75 Å². The summed E-state index contributed by atoms with van der Waals surface area (Å²) in [6.07, 6.45) is 2.80. The number of para-hydroxylation sites is 1. The van der Waals surface area contributed by atoms with Crippen molar-refractivity contribution < 1.29 is 17.9 Å². The number of amides is 1. The van der Waals surface area contributed by atoms with Crippen LogP contribution >= 0.6 is 31.9 Å². The van der Waals surface area contributed by atoms with Crippen LogP contribution in [0, 0.1) is 0 Å². The SMILES string of the molecule is CCOc1ccccc1C1=CCN(C(=O)c2ccc(NS(=O)(=O)c3cc(Br)ccc3Br)cc2)CC1. The third-order valence-electron chi connectivity index (χ3n) is 5.60. The van der Waals surface area contributed by atoms with Gasteiger partial charge in [-0.25, -0.2) is 8.42 Å². The summed E-state index contributed by atoms with van der Waals surface area (Å²) in [5, 5.41) is 0. The van der Waals surface area contributed by atoms with Crippen LogP contribution in [0.15, 0.2) is 86.6 Å². The normalized spacial score (nSPS) is 13.8. The van der Waals surface area contributed by atoms with E-state index in [2.05, 4.69) is 42.7 Å². The van der Waals surface area contributed by atoms with Gasteiger partial charge in [-0.05, 0) is 83.4 Å². The Morgan fingerprint density at radius 2 is 1.80 bits per heavy atom. The van der Waals surface area contributed by atoms with E-state index < -0.39 is 10.0 Å². The Hall–Kier alpha value is -2.62. The third-order valence-corrected chi connectivity index (χ3v) is 8.46. The average molecular weight is 620 g/mol. The maximum atomic E-state index is 13.0. The summed E-state index contributed by atoms with van der Waals surface area (Å²) in [5.41, 5.74) is 3.11. The number of carbonyl (C=O) groups is 1. The summed E-state index contributed by atoms with van der Waals surface area (Å²) in [5.74, 6) is 0.761. The lowest BCUT2D eigenvalue weighted by molar-refractivity contribution is 0.0773. The molecule has 0 atom stereocenters. The highest BCUT2D eigenvalue weighted by Gasteiger charge is 2.22. The first-order valence-electron chi connectivity index (χ1n) is 11.1. The molecule has 0 unspecified atom stereocenters. The topological polar surface area (TPSA) is 75.7 Å². The Kier molecular flexibility index (Phi) is 7.98. The number of hydrogen-bond acceptors (Lipinski definition) is 4. The van der Waals surface area contributed by atoms with E-state index in [1.807, 2.05) is 31.2 Å². The number of hydrogen-bond donors (Lipinski definition) is 1. The Morgan fingerprint density at radius 1 is 1.06 bits per heavy atom. The number of carbonyl (C=O) groups excluding carboxylic acids is 1. The molecule has 0 radical (unpaired) electrons. The van der Waals surface area contributed by atoms with Gasteiger partial charge in [-0.1, -0.05) is 40.2 Å². The molecule has 6 nitrogen and oxygen atoms in total. The Bertz CT molecular complexity index is 1370. The molecule has 0 bridgehead atoms. The molecule has 0 saturated carbocycles. The van der Waals surface area contributed by atoms with Gasteiger partial charge in [-0.2, -0.15) is 0 Å². The van der Waals surface area contributed by atoms with Crippen LogP contribution in [0.4, 0.5) is 5.69 Å². The van der Waals surface area contributed by atoms with Crippen LogP contribution in [0.1, 0.15) is 29.3 Å². The molecular weight excluding hydrogens is 596 g/mol. The summed E-state index contributed by atoms with van der Waals surface area (Å²) in [6, 6.07) is 19.4. The number of nitrogens with zero attached hydrogens (tertiary/aromatic N) is 1. The van der Waals surface area contributed by atoms with E-state index in [0.717, 1.165) is 17.7 Å². The second-order valence-electron chi connectivity index (χ2n) is 7.92. The van der Waals surface area contributed by atoms with Crippen molar-refractivity contribution in [1.82, 2.24) is 4.90 Å². The number of anilines is 1. The average Bonchev–Trinajstić information content (AvgIpc) is 2.86. The van der Waals surface area contributed by atoms with Crippen molar-refractivity contribution in [2.45, 2.75) is 18.2 Å². The van der Waals surface area contributed by atoms with Gasteiger partial charge in [0.05, 0.1) is 6.61 Å². The quantitative estimate of drug-likeness (QED) is 0.335. The summed E-state index contributed by atoms with van der Waals surface area (Å²) < 4.78 is 35.0. The van der Waals surface area contributed by atoms with Crippen LogP contribution in [-0.2, 0) is 10.0 Å². The molecule has 1 aliphatic heterocycles. The highest BCUT2D eigenvalue weighted by Crippen LogP contribution is 2.31. The van der Waals surface area contributed by atoms with Gasteiger partial charge in [-0.3, -0.25) is 9.52 Å². The summed E-state index contributed by atoms with van der Waals surface area (Å²) in [7, 11) is -3.80. The molecule has 9 heteroatoms. The molecule has 0 spiro atoms. The van der Waals surface area contributed by atoms with Gasteiger partial charge in [0, 0.05) is 38.8 Å². The van der Waals surface area contributed by atoms with Gasteiger partial charge in [0.1, 0.15) is 10.6 Å². The molecule has 3 aromatic rings. The molecule has 1 amide bonds. The van der Waals surface area contributed by atoms with Crippen molar-refractivity contribution in [1.29, 1.82) is 0 Å². The van der Waals surface area contributed by atoms with Gasteiger partial charge < -0.3 is 9.64 Å². The van der Waals surface area contributed by atoms with E-state index in [4.69, 9.17) is 4.74 Å². The van der Waals surface area contributed by atoms with Crippen LogP contribution in [0.25, 0.3) is 5.57 Å². The van der Waals surface area contributed by atoms with E-state index in [9.17, 15) is 13.2 Å². The van der Waals surface area contributed by atoms with E-state index in [1.54, 1.807) is 41.3 Å². The second kappa shape index (κ2) is 11.0. The Balaban J connectivity index is 1.44. The predicted molar refractivity (Wildman–Crippen MR) is 145 cm³/mol. The van der Waals surface area contributed by atoms with Gasteiger partial charge in [0.15, 0.2) is 0 Å². The van der Waals surface area contributed by atoms with Crippen LogP contribution < -0.4 is 9.46 Å². The molecule has 0 fully saturated rings. The smallest absolute Gasteiger partial charge is 0.263 e. The standard InChI is InChI=1S/C26H24Br2N2O4S/c1-2-34-24-6-4-3-5-22(24)18-13-15-30(16-14-18)26(31)19-7-10-21(11-8-19)29-35(32,33)25-17-20(27)9-12-23(25)28/h3-13,17,29H,2,14-16H2,1H3. The van der Waals surface area contributed by atoms with E-state index >= 15 is 0 Å². The molecule has 1 heterocycles. The fraction of sp³-hybridized carbons (Fsp3) is 0.192. The lowest BCUT2D eigenvalue weighted by Crippen LogP contribution is -2.34. The molecule has 4 rings (SSSR count). The van der Waals surface area contributed by atoms with E-state index in [1.165, 1.54) is 11.6 Å². The van der Waals surface area contributed by atoms with Crippen molar-refractivity contribution in [3.63, 3.8) is 0 Å². The number of benzene rings is 3. The minimum atomic E-state index is -3.80. The highest BCUT2D eigenvalue weighted by atomic mass is 79.9. The number of rotatable bonds is 7. The minimum absolute atomic E-state index is 0.0949. The monoisotopic (exact) mass is 618 g/mol. The molecular formula is C26H24Br2N2O4S. The zero-order chi connectivity index (χ0) is 25.0. The predicted octanol–water partition coefficient (Wildman–Crippen LogP) is 6.34. The van der Waals surface area contributed by atoms with Crippen molar-refractivity contribution in [3.05, 3.63) is 92.9 Å². The first-order valence-corrected chi connectivity index (χ1v) is 14.1. The van der Waals surface area contributed by atoms with Gasteiger partial charge >= 0.3 is 0 Å². The van der Waals surface area contributed by atoms with Crippen molar-refractivity contribution in [2.75, 3.05) is 24.4 Å². The zero-order valence-electron chi connectivity index (χ0n) is 19.0. The zero-order valence-corrected chi connectivity index (χ0v) is 23.0.